The highest BCUT2D eigenvalue weighted by Gasteiger charge is 2.30. The Hall–Kier alpha value is -2.61. The Labute approximate surface area is 132 Å². The number of alkyl halides is 3. The molecule has 23 heavy (non-hydrogen) atoms. The molecule has 118 valence electrons. The second-order valence-electron chi connectivity index (χ2n) is 4.62. The second kappa shape index (κ2) is 5.54. The summed E-state index contributed by atoms with van der Waals surface area (Å²) in [5.74, 6) is 0.0289. The molecule has 2 aromatic heterocycles. The number of hydrogen-bond donors (Lipinski definition) is 2. The van der Waals surface area contributed by atoms with Crippen LogP contribution in [0.2, 0.25) is 5.15 Å². The molecule has 0 unspecified atom stereocenters. The summed E-state index contributed by atoms with van der Waals surface area (Å²) in [6.45, 7) is 0. The SMILES string of the molecule is O=c1[nH]cnc2cc(Cl)nc(Nc3cccc(C(F)(F)F)c3)c12. The lowest BCUT2D eigenvalue weighted by atomic mass is 10.2. The normalized spacial score (nSPS) is 11.7. The van der Waals surface area contributed by atoms with Crippen molar-refractivity contribution in [2.24, 2.45) is 0 Å². The zero-order valence-corrected chi connectivity index (χ0v) is 12.0. The minimum Gasteiger partial charge on any atom is -0.339 e. The van der Waals surface area contributed by atoms with Crippen molar-refractivity contribution in [1.29, 1.82) is 0 Å². The number of nitrogens with one attached hydrogen (secondary N) is 2. The van der Waals surface area contributed by atoms with Gasteiger partial charge in [-0.3, -0.25) is 4.79 Å². The number of anilines is 2. The summed E-state index contributed by atoms with van der Waals surface area (Å²) in [6.07, 6.45) is -3.27. The molecule has 0 spiro atoms. The van der Waals surface area contributed by atoms with E-state index in [1.54, 1.807) is 0 Å². The lowest BCUT2D eigenvalue weighted by Crippen LogP contribution is -2.10. The van der Waals surface area contributed by atoms with Crippen molar-refractivity contribution >= 4 is 34.0 Å². The number of H-pyrrole nitrogens is 1. The van der Waals surface area contributed by atoms with E-state index < -0.39 is 17.3 Å². The predicted octanol–water partition coefficient (Wildman–Crippen LogP) is 3.73. The Bertz CT molecular complexity index is 939. The molecule has 0 aliphatic heterocycles. The Morgan fingerprint density at radius 3 is 2.74 bits per heavy atom. The predicted molar refractivity (Wildman–Crippen MR) is 79.9 cm³/mol. The van der Waals surface area contributed by atoms with Crippen molar-refractivity contribution in [2.45, 2.75) is 6.18 Å². The minimum atomic E-state index is -4.47. The van der Waals surface area contributed by atoms with Gasteiger partial charge in [0.15, 0.2) is 0 Å². The molecule has 0 radical (unpaired) electrons. The standard InChI is InChI=1S/C14H8ClF3N4O/c15-10-5-9-11(13(23)20-6-19-9)12(22-10)21-8-3-1-2-7(4-8)14(16,17)18/h1-6H,(H,21,22)(H,19,20,23). The molecular formula is C14H8ClF3N4O. The van der Waals surface area contributed by atoms with Crippen molar-refractivity contribution in [2.75, 3.05) is 5.32 Å². The van der Waals surface area contributed by atoms with Crippen molar-refractivity contribution in [3.8, 4) is 0 Å². The number of rotatable bonds is 2. The van der Waals surface area contributed by atoms with E-state index in [9.17, 15) is 18.0 Å². The van der Waals surface area contributed by atoms with Crippen molar-refractivity contribution in [1.82, 2.24) is 15.0 Å². The van der Waals surface area contributed by atoms with Crippen LogP contribution in [0.5, 0.6) is 0 Å². The van der Waals surface area contributed by atoms with Gasteiger partial charge in [0.2, 0.25) is 0 Å². The van der Waals surface area contributed by atoms with Crippen LogP contribution in [-0.2, 0) is 6.18 Å². The first kappa shape index (κ1) is 15.3. The Kier molecular flexibility index (Phi) is 3.69. The molecule has 3 aromatic rings. The average Bonchev–Trinajstić information content (AvgIpc) is 2.46. The fraction of sp³-hybridized carbons (Fsp3) is 0.0714. The number of benzene rings is 1. The largest absolute Gasteiger partial charge is 0.416 e. The first-order valence-corrected chi connectivity index (χ1v) is 6.70. The summed E-state index contributed by atoms with van der Waals surface area (Å²) in [5.41, 5.74) is -0.892. The maximum absolute atomic E-state index is 12.8. The Balaban J connectivity index is 2.11. The van der Waals surface area contributed by atoms with Gasteiger partial charge in [0.25, 0.3) is 5.56 Å². The second-order valence-corrected chi connectivity index (χ2v) is 5.01. The van der Waals surface area contributed by atoms with Crippen LogP contribution in [0.3, 0.4) is 0 Å². The van der Waals surface area contributed by atoms with Crippen molar-refractivity contribution in [3.63, 3.8) is 0 Å². The molecule has 0 aliphatic rings. The topological polar surface area (TPSA) is 70.7 Å². The molecule has 0 atom stereocenters. The zero-order chi connectivity index (χ0) is 16.6. The summed E-state index contributed by atoms with van der Waals surface area (Å²) < 4.78 is 38.3. The van der Waals surface area contributed by atoms with Gasteiger partial charge in [0.05, 0.1) is 17.4 Å². The third-order valence-electron chi connectivity index (χ3n) is 3.05. The first-order chi connectivity index (χ1) is 10.8. The van der Waals surface area contributed by atoms with Gasteiger partial charge in [-0.05, 0) is 18.2 Å². The average molecular weight is 341 g/mol. The number of nitrogens with zero attached hydrogens (tertiary/aromatic N) is 2. The maximum atomic E-state index is 12.8. The van der Waals surface area contributed by atoms with E-state index >= 15 is 0 Å². The van der Waals surface area contributed by atoms with Crippen molar-refractivity contribution < 1.29 is 13.2 Å². The summed E-state index contributed by atoms with van der Waals surface area (Å²) in [7, 11) is 0. The van der Waals surface area contributed by atoms with Gasteiger partial charge < -0.3 is 10.3 Å². The smallest absolute Gasteiger partial charge is 0.339 e. The van der Waals surface area contributed by atoms with Gasteiger partial charge in [-0.1, -0.05) is 17.7 Å². The van der Waals surface area contributed by atoms with E-state index in [4.69, 9.17) is 11.6 Å². The molecule has 0 amide bonds. The summed E-state index contributed by atoms with van der Waals surface area (Å²) in [6, 6.07) is 5.93. The van der Waals surface area contributed by atoms with Gasteiger partial charge in [0, 0.05) is 11.8 Å². The third kappa shape index (κ3) is 3.11. The number of pyridine rings is 1. The molecule has 3 rings (SSSR count). The number of aromatic amines is 1. The highest BCUT2D eigenvalue weighted by atomic mass is 35.5. The van der Waals surface area contributed by atoms with E-state index in [0.717, 1.165) is 12.1 Å². The lowest BCUT2D eigenvalue weighted by Gasteiger charge is -2.11. The first-order valence-electron chi connectivity index (χ1n) is 6.33. The molecule has 1 aromatic carbocycles. The molecule has 9 heteroatoms. The van der Waals surface area contributed by atoms with Crippen LogP contribution in [0.15, 0.2) is 41.5 Å². The summed E-state index contributed by atoms with van der Waals surface area (Å²) >= 11 is 5.86. The highest BCUT2D eigenvalue weighted by Crippen LogP contribution is 2.32. The summed E-state index contributed by atoms with van der Waals surface area (Å²) in [4.78, 5) is 22.2. The van der Waals surface area contributed by atoms with Crippen LogP contribution in [0.4, 0.5) is 24.7 Å². The highest BCUT2D eigenvalue weighted by molar-refractivity contribution is 6.30. The van der Waals surface area contributed by atoms with E-state index in [1.165, 1.54) is 24.5 Å². The third-order valence-corrected chi connectivity index (χ3v) is 3.24. The van der Waals surface area contributed by atoms with E-state index in [-0.39, 0.29) is 27.6 Å². The van der Waals surface area contributed by atoms with Gasteiger partial charge in [0.1, 0.15) is 16.4 Å². The molecule has 0 saturated heterocycles. The molecule has 0 aliphatic carbocycles. The van der Waals surface area contributed by atoms with Gasteiger partial charge >= 0.3 is 6.18 Å². The number of aromatic nitrogens is 3. The number of halogens is 4. The van der Waals surface area contributed by atoms with Crippen LogP contribution < -0.4 is 10.9 Å². The zero-order valence-electron chi connectivity index (χ0n) is 11.3. The van der Waals surface area contributed by atoms with Gasteiger partial charge in [-0.2, -0.15) is 13.2 Å². The van der Waals surface area contributed by atoms with E-state index in [1.807, 2.05) is 0 Å². The van der Waals surface area contributed by atoms with Crippen LogP contribution in [0.25, 0.3) is 10.9 Å². The van der Waals surface area contributed by atoms with E-state index in [0.29, 0.717) is 0 Å². The van der Waals surface area contributed by atoms with Crippen molar-refractivity contribution in [3.05, 3.63) is 57.7 Å². The molecule has 0 bridgehead atoms. The summed E-state index contributed by atoms with van der Waals surface area (Å²) in [5, 5.41) is 2.85. The quantitative estimate of drug-likeness (QED) is 0.697. The number of fused-ring (bicyclic) bond motifs is 1. The van der Waals surface area contributed by atoms with E-state index in [2.05, 4.69) is 20.3 Å². The number of hydrogen-bond acceptors (Lipinski definition) is 4. The van der Waals surface area contributed by atoms with Crippen LogP contribution in [0.1, 0.15) is 5.56 Å². The molecule has 5 nitrogen and oxygen atoms in total. The van der Waals surface area contributed by atoms with Crippen LogP contribution in [0, 0.1) is 0 Å². The monoisotopic (exact) mass is 340 g/mol. The van der Waals surface area contributed by atoms with Crippen LogP contribution in [-0.4, -0.2) is 15.0 Å². The fourth-order valence-electron chi connectivity index (χ4n) is 2.06. The molecular weight excluding hydrogens is 333 g/mol. The maximum Gasteiger partial charge on any atom is 0.416 e. The Morgan fingerprint density at radius 2 is 2.00 bits per heavy atom. The molecule has 0 saturated carbocycles. The molecule has 2 N–H and O–H groups in total. The van der Waals surface area contributed by atoms with Gasteiger partial charge in [-0.15, -0.1) is 0 Å². The minimum absolute atomic E-state index is 0.0289. The fourth-order valence-corrected chi connectivity index (χ4v) is 2.25. The molecule has 0 fully saturated rings. The van der Waals surface area contributed by atoms with Gasteiger partial charge in [-0.25, -0.2) is 9.97 Å². The van der Waals surface area contributed by atoms with Crippen LogP contribution >= 0.6 is 11.6 Å². The molecule has 2 heterocycles. The Morgan fingerprint density at radius 1 is 1.22 bits per heavy atom. The lowest BCUT2D eigenvalue weighted by molar-refractivity contribution is -0.137.